The number of amides is 1. The van der Waals surface area contributed by atoms with E-state index in [4.69, 9.17) is 0 Å². The number of benzene rings is 2. The van der Waals surface area contributed by atoms with E-state index in [9.17, 15) is 14.7 Å². The Hall–Kier alpha value is -2.62. The van der Waals surface area contributed by atoms with Gasteiger partial charge in [-0.05, 0) is 42.7 Å². The fourth-order valence-electron chi connectivity index (χ4n) is 2.42. The zero-order valence-corrected chi connectivity index (χ0v) is 12.7. The lowest BCUT2D eigenvalue weighted by Gasteiger charge is -2.28. The maximum atomic E-state index is 11.6. The number of carboxylic acids is 1. The second-order valence-electron chi connectivity index (χ2n) is 5.31. The highest BCUT2D eigenvalue weighted by Crippen LogP contribution is 2.29. The Morgan fingerprint density at radius 1 is 1.14 bits per heavy atom. The van der Waals surface area contributed by atoms with E-state index in [1.54, 1.807) is 0 Å². The number of hydrogen-bond acceptors (Lipinski definition) is 2. The van der Waals surface area contributed by atoms with Crippen LogP contribution in [0.5, 0.6) is 0 Å². The molecule has 0 saturated carbocycles. The summed E-state index contributed by atoms with van der Waals surface area (Å²) in [7, 11) is 0. The fraction of sp³-hybridized carbons (Fsp3) is 0.222. The first-order valence-corrected chi connectivity index (χ1v) is 7.10. The van der Waals surface area contributed by atoms with Gasteiger partial charge in [-0.3, -0.25) is 9.59 Å². The van der Waals surface area contributed by atoms with Gasteiger partial charge in [0, 0.05) is 5.69 Å². The summed E-state index contributed by atoms with van der Waals surface area (Å²) in [4.78, 5) is 24.3. The number of carbonyl (C=O) groups is 2. The molecule has 0 bridgehead atoms. The van der Waals surface area contributed by atoms with E-state index >= 15 is 0 Å². The molecule has 0 aliphatic heterocycles. The van der Waals surface area contributed by atoms with Crippen LogP contribution in [0.1, 0.15) is 29.2 Å². The quantitative estimate of drug-likeness (QED) is 0.830. The summed E-state index contributed by atoms with van der Waals surface area (Å²) in [5.41, 5.74) is 3.69. The lowest BCUT2D eigenvalue weighted by Crippen LogP contribution is -2.29. The van der Waals surface area contributed by atoms with Crippen molar-refractivity contribution in [3.05, 3.63) is 65.2 Å². The minimum atomic E-state index is -0.940. The van der Waals surface area contributed by atoms with Crippen molar-refractivity contribution >= 4 is 18.1 Å². The van der Waals surface area contributed by atoms with E-state index in [0.717, 1.165) is 16.7 Å². The van der Waals surface area contributed by atoms with Gasteiger partial charge in [0.1, 0.15) is 0 Å². The molecule has 0 aliphatic rings. The summed E-state index contributed by atoms with van der Waals surface area (Å²) in [6.07, 6.45) is 0.556. The van der Waals surface area contributed by atoms with Crippen molar-refractivity contribution < 1.29 is 14.7 Å². The van der Waals surface area contributed by atoms with Crippen molar-refractivity contribution in [3.8, 4) is 0 Å². The van der Waals surface area contributed by atoms with Crippen LogP contribution in [0.3, 0.4) is 0 Å². The minimum Gasteiger partial charge on any atom is -0.481 e. The summed E-state index contributed by atoms with van der Waals surface area (Å²) in [6, 6.07) is 14.4. The molecule has 0 fully saturated rings. The number of carbonyl (C=O) groups excluding carboxylic acids is 1. The highest BCUT2D eigenvalue weighted by Gasteiger charge is 2.23. The average Bonchev–Trinajstić information content (AvgIpc) is 2.51. The van der Waals surface area contributed by atoms with Gasteiger partial charge in [0.15, 0.2) is 0 Å². The zero-order valence-electron chi connectivity index (χ0n) is 12.7. The van der Waals surface area contributed by atoms with Gasteiger partial charge in [-0.1, -0.05) is 36.4 Å². The first-order valence-electron chi connectivity index (χ1n) is 7.10. The Morgan fingerprint density at radius 3 is 2.36 bits per heavy atom. The Balaban J connectivity index is 2.44. The summed E-state index contributed by atoms with van der Waals surface area (Å²) < 4.78 is 0. The smallest absolute Gasteiger partial charge is 0.305 e. The Bertz CT molecular complexity index is 667. The van der Waals surface area contributed by atoms with Gasteiger partial charge in [0.2, 0.25) is 6.41 Å². The predicted octanol–water partition coefficient (Wildman–Crippen LogP) is 3.48. The van der Waals surface area contributed by atoms with E-state index in [2.05, 4.69) is 0 Å². The molecule has 1 amide bonds. The van der Waals surface area contributed by atoms with Gasteiger partial charge in [0.05, 0.1) is 12.5 Å². The number of carboxylic acid groups (broad SMARTS) is 1. The molecular weight excluding hydrogens is 278 g/mol. The van der Waals surface area contributed by atoms with Gasteiger partial charge < -0.3 is 10.0 Å². The van der Waals surface area contributed by atoms with Crippen LogP contribution in [0.15, 0.2) is 48.5 Å². The van der Waals surface area contributed by atoms with Crippen LogP contribution in [0.25, 0.3) is 0 Å². The van der Waals surface area contributed by atoms with Crippen molar-refractivity contribution in [1.82, 2.24) is 0 Å². The highest BCUT2D eigenvalue weighted by atomic mass is 16.4. The number of nitrogens with zero attached hydrogens (tertiary/aromatic N) is 1. The Kier molecular flexibility index (Phi) is 4.94. The van der Waals surface area contributed by atoms with Crippen molar-refractivity contribution in [2.75, 3.05) is 4.90 Å². The number of anilines is 1. The van der Waals surface area contributed by atoms with Gasteiger partial charge in [-0.25, -0.2) is 0 Å². The predicted molar refractivity (Wildman–Crippen MR) is 85.9 cm³/mol. The van der Waals surface area contributed by atoms with Crippen molar-refractivity contribution in [2.24, 2.45) is 0 Å². The lowest BCUT2D eigenvalue weighted by atomic mass is 10.0. The Morgan fingerprint density at radius 2 is 1.82 bits per heavy atom. The molecule has 0 spiro atoms. The summed E-state index contributed by atoms with van der Waals surface area (Å²) in [5.74, 6) is -0.940. The molecule has 4 heteroatoms. The minimum absolute atomic E-state index is 0.143. The standard InChI is InChI=1S/C18H19NO3/c1-13-8-9-16(10-14(13)2)19(12-20)17(11-18(21)22)15-6-4-3-5-7-15/h3-10,12,17H,11H2,1-2H3,(H,21,22). The third-order valence-electron chi connectivity index (χ3n) is 3.79. The average molecular weight is 297 g/mol. The molecule has 0 heterocycles. The van der Waals surface area contributed by atoms with Gasteiger partial charge in [-0.2, -0.15) is 0 Å². The maximum absolute atomic E-state index is 11.6. The SMILES string of the molecule is Cc1ccc(N(C=O)C(CC(=O)O)c2ccccc2)cc1C. The second kappa shape index (κ2) is 6.89. The lowest BCUT2D eigenvalue weighted by molar-refractivity contribution is -0.137. The van der Waals surface area contributed by atoms with Crippen LogP contribution < -0.4 is 4.90 Å². The second-order valence-corrected chi connectivity index (χ2v) is 5.31. The first kappa shape index (κ1) is 15.8. The van der Waals surface area contributed by atoms with Crippen molar-refractivity contribution in [2.45, 2.75) is 26.3 Å². The first-order chi connectivity index (χ1) is 10.5. The molecular formula is C18H19NO3. The van der Waals surface area contributed by atoms with Crippen molar-refractivity contribution in [3.63, 3.8) is 0 Å². The Labute approximate surface area is 130 Å². The molecule has 2 aromatic carbocycles. The van der Waals surface area contributed by atoms with Crippen LogP contribution in [0, 0.1) is 13.8 Å². The number of hydrogen-bond donors (Lipinski definition) is 1. The summed E-state index contributed by atoms with van der Waals surface area (Å²) >= 11 is 0. The molecule has 0 radical (unpaired) electrons. The molecule has 0 aliphatic carbocycles. The van der Waals surface area contributed by atoms with Crippen LogP contribution in [-0.2, 0) is 9.59 Å². The summed E-state index contributed by atoms with van der Waals surface area (Å²) in [5, 5.41) is 9.19. The van der Waals surface area contributed by atoms with Crippen LogP contribution in [0.4, 0.5) is 5.69 Å². The zero-order chi connectivity index (χ0) is 16.1. The molecule has 2 aromatic rings. The number of aryl methyl sites for hydroxylation is 2. The molecule has 4 nitrogen and oxygen atoms in total. The molecule has 1 N–H and O–H groups in total. The number of aliphatic carboxylic acids is 1. The fourth-order valence-corrected chi connectivity index (χ4v) is 2.42. The van der Waals surface area contributed by atoms with Crippen molar-refractivity contribution in [1.29, 1.82) is 0 Å². The molecule has 1 atom stereocenters. The van der Waals surface area contributed by atoms with E-state index < -0.39 is 12.0 Å². The van der Waals surface area contributed by atoms with Crippen LogP contribution in [-0.4, -0.2) is 17.5 Å². The normalized spacial score (nSPS) is 11.7. The third-order valence-corrected chi connectivity index (χ3v) is 3.79. The summed E-state index contributed by atoms with van der Waals surface area (Å²) in [6.45, 7) is 3.97. The van der Waals surface area contributed by atoms with E-state index in [0.29, 0.717) is 12.1 Å². The van der Waals surface area contributed by atoms with E-state index in [1.807, 2.05) is 62.4 Å². The molecule has 1 unspecified atom stereocenters. The number of rotatable bonds is 6. The molecule has 0 aromatic heterocycles. The highest BCUT2D eigenvalue weighted by molar-refractivity contribution is 5.79. The van der Waals surface area contributed by atoms with Gasteiger partial charge >= 0.3 is 5.97 Å². The molecule has 114 valence electrons. The molecule has 22 heavy (non-hydrogen) atoms. The molecule has 2 rings (SSSR count). The topological polar surface area (TPSA) is 57.6 Å². The van der Waals surface area contributed by atoms with Crippen LogP contribution in [0.2, 0.25) is 0 Å². The monoisotopic (exact) mass is 297 g/mol. The van der Waals surface area contributed by atoms with E-state index in [-0.39, 0.29) is 6.42 Å². The third kappa shape index (κ3) is 3.52. The molecule has 0 saturated heterocycles. The van der Waals surface area contributed by atoms with Gasteiger partial charge in [-0.15, -0.1) is 0 Å². The van der Waals surface area contributed by atoms with Gasteiger partial charge in [0.25, 0.3) is 0 Å². The van der Waals surface area contributed by atoms with Crippen LogP contribution >= 0.6 is 0 Å². The maximum Gasteiger partial charge on any atom is 0.305 e. The largest absolute Gasteiger partial charge is 0.481 e. The van der Waals surface area contributed by atoms with E-state index in [1.165, 1.54) is 4.90 Å².